The third kappa shape index (κ3) is 4.43. The first-order valence-corrected chi connectivity index (χ1v) is 11.7. The molecule has 1 heterocycles. The highest BCUT2D eigenvalue weighted by Gasteiger charge is 2.28. The maximum absolute atomic E-state index is 13.2. The molecule has 2 N–H and O–H groups in total. The van der Waals surface area contributed by atoms with Crippen molar-refractivity contribution < 1.29 is 8.42 Å². The number of nitrogens with one attached hydrogen (secondary N) is 2. The second-order valence-corrected chi connectivity index (χ2v) is 9.63. The predicted molar refractivity (Wildman–Crippen MR) is 127 cm³/mol. The van der Waals surface area contributed by atoms with E-state index in [0.29, 0.717) is 22.4 Å². The summed E-state index contributed by atoms with van der Waals surface area (Å²) in [7, 11) is -3.63. The van der Waals surface area contributed by atoms with Crippen molar-refractivity contribution in [2.24, 2.45) is 0 Å². The summed E-state index contributed by atoms with van der Waals surface area (Å²) in [5.41, 5.74) is 3.27. The molecule has 1 aliphatic heterocycles. The fraction of sp³-hybridized carbons (Fsp3) is 0.136. The molecule has 0 spiro atoms. The summed E-state index contributed by atoms with van der Waals surface area (Å²) in [6, 6.07) is 21.5. The van der Waals surface area contributed by atoms with Gasteiger partial charge in [0, 0.05) is 22.9 Å². The van der Waals surface area contributed by atoms with Gasteiger partial charge in [0.15, 0.2) is 5.11 Å². The Morgan fingerprint density at radius 3 is 2.43 bits per heavy atom. The summed E-state index contributed by atoms with van der Waals surface area (Å²) >= 11 is 11.3. The van der Waals surface area contributed by atoms with E-state index in [1.54, 1.807) is 36.4 Å². The Bertz CT molecular complexity index is 1180. The highest BCUT2D eigenvalue weighted by Crippen LogP contribution is 2.32. The van der Waals surface area contributed by atoms with Crippen LogP contribution in [0.25, 0.3) is 0 Å². The Balaban J connectivity index is 1.49. The normalized spacial score (nSPS) is 13.4. The molecular formula is C22H20ClN3O2S2. The van der Waals surface area contributed by atoms with Gasteiger partial charge in [-0.3, -0.25) is 4.31 Å². The molecule has 4 rings (SSSR count). The molecule has 3 aromatic rings. The summed E-state index contributed by atoms with van der Waals surface area (Å²) in [5.74, 6) is 0. The average molecular weight is 458 g/mol. The molecule has 8 heteroatoms. The Morgan fingerprint density at radius 1 is 0.933 bits per heavy atom. The molecule has 154 valence electrons. The fourth-order valence-electron chi connectivity index (χ4n) is 3.45. The van der Waals surface area contributed by atoms with Gasteiger partial charge in [-0.25, -0.2) is 8.42 Å². The number of nitrogens with zero attached hydrogens (tertiary/aromatic N) is 1. The molecule has 0 saturated carbocycles. The van der Waals surface area contributed by atoms with Crippen LogP contribution in [0.5, 0.6) is 0 Å². The number of hydrogen-bond acceptors (Lipinski definition) is 3. The number of sulfonamides is 1. The molecule has 0 amide bonds. The van der Waals surface area contributed by atoms with Crippen LogP contribution >= 0.6 is 23.8 Å². The van der Waals surface area contributed by atoms with E-state index >= 15 is 0 Å². The van der Waals surface area contributed by atoms with E-state index in [2.05, 4.69) is 10.6 Å². The summed E-state index contributed by atoms with van der Waals surface area (Å²) in [5, 5.41) is 7.10. The van der Waals surface area contributed by atoms with Crippen molar-refractivity contribution in [1.82, 2.24) is 0 Å². The lowest BCUT2D eigenvalue weighted by Gasteiger charge is -2.30. The van der Waals surface area contributed by atoms with E-state index in [0.717, 1.165) is 29.8 Å². The van der Waals surface area contributed by atoms with Crippen LogP contribution in [-0.4, -0.2) is 20.1 Å². The van der Waals surface area contributed by atoms with Gasteiger partial charge in [0.1, 0.15) is 0 Å². The van der Waals surface area contributed by atoms with Crippen molar-refractivity contribution in [2.75, 3.05) is 21.5 Å². The predicted octanol–water partition coefficient (Wildman–Crippen LogP) is 5.29. The smallest absolute Gasteiger partial charge is 0.264 e. The van der Waals surface area contributed by atoms with Crippen molar-refractivity contribution in [3.05, 3.63) is 83.4 Å². The quantitative estimate of drug-likeness (QED) is 0.521. The number of benzene rings is 3. The number of fused-ring (bicyclic) bond motifs is 1. The minimum atomic E-state index is -3.63. The van der Waals surface area contributed by atoms with Gasteiger partial charge in [-0.1, -0.05) is 35.9 Å². The number of aryl methyl sites for hydroxylation is 1. The second-order valence-electron chi connectivity index (χ2n) is 6.92. The van der Waals surface area contributed by atoms with Gasteiger partial charge in [0.05, 0.1) is 10.6 Å². The number of rotatable bonds is 4. The molecule has 1 aliphatic rings. The van der Waals surface area contributed by atoms with Gasteiger partial charge in [0.2, 0.25) is 0 Å². The van der Waals surface area contributed by atoms with E-state index < -0.39 is 10.0 Å². The lowest BCUT2D eigenvalue weighted by molar-refractivity contribution is 0.586. The van der Waals surface area contributed by atoms with Gasteiger partial charge >= 0.3 is 0 Å². The lowest BCUT2D eigenvalue weighted by atomic mass is 10.0. The Kier molecular flexibility index (Phi) is 5.94. The zero-order valence-corrected chi connectivity index (χ0v) is 18.4. The molecule has 3 aromatic carbocycles. The molecular weight excluding hydrogens is 438 g/mol. The standard InChI is InChI=1S/C22H20ClN3O2S2/c23-17-7-3-8-19(15-17)25-22(29)24-18-10-12-20(13-11-18)30(27,28)26-14-4-6-16-5-1-2-9-21(16)26/h1-3,5,7-13,15H,4,6,14H2,(H2,24,25,29). The number of hydrogen-bond donors (Lipinski definition) is 2. The van der Waals surface area contributed by atoms with Crippen LogP contribution in [0.2, 0.25) is 5.02 Å². The minimum Gasteiger partial charge on any atom is -0.332 e. The zero-order chi connectivity index (χ0) is 21.1. The first kappa shape index (κ1) is 20.7. The average Bonchev–Trinajstić information content (AvgIpc) is 2.73. The lowest BCUT2D eigenvalue weighted by Crippen LogP contribution is -2.35. The maximum atomic E-state index is 13.2. The van der Waals surface area contributed by atoms with Gasteiger partial charge in [-0.05, 0) is 79.2 Å². The molecule has 0 radical (unpaired) electrons. The van der Waals surface area contributed by atoms with Crippen LogP contribution in [0, 0.1) is 0 Å². The summed E-state index contributed by atoms with van der Waals surface area (Å²) in [6.45, 7) is 0.479. The molecule has 0 unspecified atom stereocenters. The highest BCUT2D eigenvalue weighted by molar-refractivity contribution is 7.92. The summed E-state index contributed by atoms with van der Waals surface area (Å²) in [6.07, 6.45) is 1.70. The number of anilines is 3. The first-order chi connectivity index (χ1) is 14.4. The SMILES string of the molecule is O=S(=O)(c1ccc(NC(=S)Nc2cccc(Cl)c2)cc1)N1CCCc2ccccc21. The number of thiocarbonyl (C=S) groups is 1. The Hall–Kier alpha value is -2.61. The third-order valence-electron chi connectivity index (χ3n) is 4.85. The van der Waals surface area contributed by atoms with Gasteiger partial charge < -0.3 is 10.6 Å². The van der Waals surface area contributed by atoms with Crippen LogP contribution in [0.4, 0.5) is 17.1 Å². The van der Waals surface area contributed by atoms with Gasteiger partial charge in [0.25, 0.3) is 10.0 Å². The van der Waals surface area contributed by atoms with Crippen molar-refractivity contribution in [3.8, 4) is 0 Å². The minimum absolute atomic E-state index is 0.249. The summed E-state index contributed by atoms with van der Waals surface area (Å²) in [4.78, 5) is 0.249. The van der Waals surface area contributed by atoms with Gasteiger partial charge in [-0.15, -0.1) is 0 Å². The second kappa shape index (κ2) is 8.63. The topological polar surface area (TPSA) is 61.4 Å². The molecule has 5 nitrogen and oxygen atoms in total. The monoisotopic (exact) mass is 457 g/mol. The van der Waals surface area contributed by atoms with Gasteiger partial charge in [-0.2, -0.15) is 0 Å². The van der Waals surface area contributed by atoms with E-state index in [1.165, 1.54) is 4.31 Å². The van der Waals surface area contributed by atoms with E-state index in [1.807, 2.05) is 36.4 Å². The van der Waals surface area contributed by atoms with Crippen molar-refractivity contribution in [1.29, 1.82) is 0 Å². The molecule has 0 bridgehead atoms. The molecule has 0 aliphatic carbocycles. The Morgan fingerprint density at radius 2 is 1.67 bits per heavy atom. The molecule has 0 atom stereocenters. The number of para-hydroxylation sites is 1. The van der Waals surface area contributed by atoms with Crippen molar-refractivity contribution >= 4 is 56.0 Å². The first-order valence-electron chi connectivity index (χ1n) is 9.48. The van der Waals surface area contributed by atoms with Crippen molar-refractivity contribution in [2.45, 2.75) is 17.7 Å². The van der Waals surface area contributed by atoms with Crippen LogP contribution in [0.1, 0.15) is 12.0 Å². The van der Waals surface area contributed by atoms with Crippen molar-refractivity contribution in [3.63, 3.8) is 0 Å². The van der Waals surface area contributed by atoms with E-state index in [9.17, 15) is 8.42 Å². The molecule has 30 heavy (non-hydrogen) atoms. The van der Waals surface area contributed by atoms with Crippen LogP contribution < -0.4 is 14.9 Å². The van der Waals surface area contributed by atoms with E-state index in [4.69, 9.17) is 23.8 Å². The largest absolute Gasteiger partial charge is 0.332 e. The third-order valence-corrected chi connectivity index (χ3v) is 7.12. The Labute approximate surface area is 186 Å². The fourth-order valence-corrected chi connectivity index (χ4v) is 5.41. The molecule has 0 fully saturated rings. The molecule has 0 saturated heterocycles. The van der Waals surface area contributed by atoms with Crippen LogP contribution in [-0.2, 0) is 16.4 Å². The maximum Gasteiger partial charge on any atom is 0.264 e. The number of halogens is 1. The van der Waals surface area contributed by atoms with E-state index in [-0.39, 0.29) is 4.90 Å². The zero-order valence-electron chi connectivity index (χ0n) is 16.0. The van der Waals surface area contributed by atoms with Crippen LogP contribution in [0.3, 0.4) is 0 Å². The highest BCUT2D eigenvalue weighted by atomic mass is 35.5. The summed E-state index contributed by atoms with van der Waals surface area (Å²) < 4.78 is 27.9. The van der Waals surface area contributed by atoms with Crippen LogP contribution in [0.15, 0.2) is 77.7 Å². The molecule has 0 aromatic heterocycles.